The Morgan fingerprint density at radius 2 is 2.22 bits per heavy atom. The molecule has 1 unspecified atom stereocenters. The van der Waals surface area contributed by atoms with Gasteiger partial charge in [-0.15, -0.1) is 0 Å². The first-order valence-corrected chi connectivity index (χ1v) is 6.49. The molecule has 0 spiro atoms. The van der Waals surface area contributed by atoms with Crippen molar-refractivity contribution in [2.45, 2.75) is 26.7 Å². The van der Waals surface area contributed by atoms with E-state index in [1.54, 1.807) is 6.92 Å². The van der Waals surface area contributed by atoms with Crippen molar-refractivity contribution in [3.05, 3.63) is 11.3 Å². The van der Waals surface area contributed by atoms with Gasteiger partial charge < -0.3 is 16.2 Å². The third kappa shape index (κ3) is 3.27. The van der Waals surface area contributed by atoms with E-state index in [4.69, 9.17) is 10.8 Å². The highest BCUT2D eigenvalue weighted by molar-refractivity contribution is 7.11. The number of carbonyl (C=O) groups excluding carboxylic acids is 1. The van der Waals surface area contributed by atoms with E-state index in [0.717, 1.165) is 18.0 Å². The molecule has 1 heterocycles. The molecule has 0 aromatic carbocycles. The van der Waals surface area contributed by atoms with Gasteiger partial charge in [0.05, 0.1) is 11.6 Å². The summed E-state index contributed by atoms with van der Waals surface area (Å²) in [5.41, 5.74) is 5.99. The van der Waals surface area contributed by atoms with Crippen molar-refractivity contribution in [1.82, 2.24) is 4.37 Å². The molecule has 0 bridgehead atoms. The molecule has 1 atom stereocenters. The van der Waals surface area contributed by atoms with E-state index in [2.05, 4.69) is 9.69 Å². The molecule has 1 amide bonds. The standard InChI is InChI=1S/C11H17N3O3S/c1-3-4-7(5-12)9(15)13-10-8(11(16)17)6(2)14-18-10/h7H,3-5,12H2,1-2H3,(H,13,15)(H,16,17). The number of nitrogens with zero attached hydrogens (tertiary/aromatic N) is 1. The van der Waals surface area contributed by atoms with Gasteiger partial charge in [-0.3, -0.25) is 4.79 Å². The maximum absolute atomic E-state index is 11.9. The Kier molecular flexibility index (Phi) is 5.24. The molecule has 7 heteroatoms. The Morgan fingerprint density at radius 1 is 1.56 bits per heavy atom. The fourth-order valence-electron chi connectivity index (χ4n) is 1.63. The Hall–Kier alpha value is -1.47. The van der Waals surface area contributed by atoms with Crippen LogP contribution in [0.15, 0.2) is 0 Å². The van der Waals surface area contributed by atoms with Gasteiger partial charge >= 0.3 is 5.97 Å². The molecule has 0 saturated carbocycles. The summed E-state index contributed by atoms with van der Waals surface area (Å²) in [6.07, 6.45) is 1.53. The van der Waals surface area contributed by atoms with E-state index in [9.17, 15) is 9.59 Å². The van der Waals surface area contributed by atoms with E-state index in [1.807, 2.05) is 6.92 Å². The molecule has 1 aromatic rings. The van der Waals surface area contributed by atoms with Crippen LogP contribution in [0.5, 0.6) is 0 Å². The second kappa shape index (κ2) is 6.46. The fraction of sp³-hybridized carbons (Fsp3) is 0.545. The Morgan fingerprint density at radius 3 is 2.72 bits per heavy atom. The lowest BCUT2D eigenvalue weighted by molar-refractivity contribution is -0.119. The number of hydrogen-bond donors (Lipinski definition) is 3. The van der Waals surface area contributed by atoms with Crippen molar-refractivity contribution >= 4 is 28.4 Å². The number of carbonyl (C=O) groups is 2. The number of rotatable bonds is 6. The molecule has 1 aromatic heterocycles. The van der Waals surface area contributed by atoms with E-state index >= 15 is 0 Å². The van der Waals surface area contributed by atoms with Crippen LogP contribution in [0, 0.1) is 12.8 Å². The number of carboxylic acid groups (broad SMARTS) is 1. The van der Waals surface area contributed by atoms with Crippen molar-refractivity contribution < 1.29 is 14.7 Å². The molecule has 18 heavy (non-hydrogen) atoms. The van der Waals surface area contributed by atoms with Gasteiger partial charge in [0.2, 0.25) is 5.91 Å². The lowest BCUT2D eigenvalue weighted by Gasteiger charge is -2.13. The summed E-state index contributed by atoms with van der Waals surface area (Å²) in [4.78, 5) is 23.0. The molecule has 0 radical (unpaired) electrons. The quantitative estimate of drug-likeness (QED) is 0.726. The van der Waals surface area contributed by atoms with Crippen LogP contribution in [0.25, 0.3) is 0 Å². The summed E-state index contributed by atoms with van der Waals surface area (Å²) in [5.74, 6) is -1.62. The van der Waals surface area contributed by atoms with Gasteiger partial charge in [0.25, 0.3) is 0 Å². The molecule has 0 aliphatic heterocycles. The molecular formula is C11H17N3O3S. The van der Waals surface area contributed by atoms with Crippen LogP contribution in [0.2, 0.25) is 0 Å². The first-order valence-electron chi connectivity index (χ1n) is 5.71. The van der Waals surface area contributed by atoms with Crippen molar-refractivity contribution in [1.29, 1.82) is 0 Å². The Balaban J connectivity index is 2.84. The SMILES string of the molecule is CCCC(CN)C(=O)Nc1snc(C)c1C(=O)O. The number of anilines is 1. The van der Waals surface area contributed by atoms with Gasteiger partial charge in [0.15, 0.2) is 0 Å². The van der Waals surface area contributed by atoms with Gasteiger partial charge in [0, 0.05) is 6.54 Å². The van der Waals surface area contributed by atoms with Crippen molar-refractivity contribution in [2.75, 3.05) is 11.9 Å². The van der Waals surface area contributed by atoms with E-state index in [-0.39, 0.29) is 28.9 Å². The summed E-state index contributed by atoms with van der Waals surface area (Å²) in [6.45, 7) is 3.82. The van der Waals surface area contributed by atoms with Crippen LogP contribution in [0.4, 0.5) is 5.00 Å². The minimum atomic E-state index is -1.09. The average molecular weight is 271 g/mol. The fourth-order valence-corrected chi connectivity index (χ4v) is 2.42. The summed E-state index contributed by atoms with van der Waals surface area (Å²) in [5, 5.41) is 11.9. The predicted molar refractivity (Wildman–Crippen MR) is 69.9 cm³/mol. The van der Waals surface area contributed by atoms with Crippen LogP contribution in [-0.2, 0) is 4.79 Å². The summed E-state index contributed by atoms with van der Waals surface area (Å²) >= 11 is 0.975. The highest BCUT2D eigenvalue weighted by atomic mass is 32.1. The molecule has 100 valence electrons. The number of aromatic carboxylic acids is 1. The van der Waals surface area contributed by atoms with Crippen LogP contribution in [0.1, 0.15) is 35.8 Å². The zero-order chi connectivity index (χ0) is 13.7. The Labute approximate surface area is 109 Å². The van der Waals surface area contributed by atoms with Crippen LogP contribution < -0.4 is 11.1 Å². The third-order valence-corrected chi connectivity index (χ3v) is 3.46. The maximum atomic E-state index is 11.9. The largest absolute Gasteiger partial charge is 0.478 e. The lowest BCUT2D eigenvalue weighted by atomic mass is 10.0. The zero-order valence-electron chi connectivity index (χ0n) is 10.4. The van der Waals surface area contributed by atoms with Gasteiger partial charge in [0.1, 0.15) is 10.6 Å². The number of nitrogens with two attached hydrogens (primary N) is 1. The predicted octanol–water partition coefficient (Wildman–Crippen LogP) is 1.46. The molecule has 6 nitrogen and oxygen atoms in total. The monoisotopic (exact) mass is 271 g/mol. The lowest BCUT2D eigenvalue weighted by Crippen LogP contribution is -2.29. The van der Waals surface area contributed by atoms with Crippen molar-refractivity contribution in [2.24, 2.45) is 11.7 Å². The second-order valence-corrected chi connectivity index (χ2v) is 4.76. The number of aromatic nitrogens is 1. The molecule has 0 saturated heterocycles. The minimum Gasteiger partial charge on any atom is -0.478 e. The third-order valence-electron chi connectivity index (χ3n) is 2.61. The first kappa shape index (κ1) is 14.6. The molecule has 0 aliphatic carbocycles. The van der Waals surface area contributed by atoms with E-state index in [1.165, 1.54) is 0 Å². The number of amides is 1. The van der Waals surface area contributed by atoms with Gasteiger partial charge in [-0.2, -0.15) is 4.37 Å². The number of nitrogens with one attached hydrogen (secondary N) is 1. The van der Waals surface area contributed by atoms with E-state index in [0.29, 0.717) is 12.1 Å². The highest BCUT2D eigenvalue weighted by Gasteiger charge is 2.22. The minimum absolute atomic E-state index is 0.0561. The Bertz CT molecular complexity index is 445. The smallest absolute Gasteiger partial charge is 0.340 e. The summed E-state index contributed by atoms with van der Waals surface area (Å²) < 4.78 is 3.94. The van der Waals surface area contributed by atoms with Crippen molar-refractivity contribution in [3.8, 4) is 0 Å². The van der Waals surface area contributed by atoms with Crippen LogP contribution in [-0.4, -0.2) is 27.9 Å². The molecular weight excluding hydrogens is 254 g/mol. The van der Waals surface area contributed by atoms with E-state index < -0.39 is 5.97 Å². The van der Waals surface area contributed by atoms with Gasteiger partial charge in [-0.25, -0.2) is 4.79 Å². The molecule has 0 aliphatic rings. The topological polar surface area (TPSA) is 105 Å². The van der Waals surface area contributed by atoms with Gasteiger partial charge in [-0.05, 0) is 24.9 Å². The highest BCUT2D eigenvalue weighted by Crippen LogP contribution is 2.25. The molecule has 1 rings (SSSR count). The van der Waals surface area contributed by atoms with Crippen LogP contribution >= 0.6 is 11.5 Å². The average Bonchev–Trinajstić information content (AvgIpc) is 2.67. The number of carboxylic acids is 1. The molecule has 4 N–H and O–H groups in total. The summed E-state index contributed by atoms with van der Waals surface area (Å²) in [7, 11) is 0. The van der Waals surface area contributed by atoms with Crippen LogP contribution in [0.3, 0.4) is 0 Å². The van der Waals surface area contributed by atoms with Crippen molar-refractivity contribution in [3.63, 3.8) is 0 Å². The first-order chi connectivity index (χ1) is 8.51. The maximum Gasteiger partial charge on any atom is 0.340 e. The number of aryl methyl sites for hydroxylation is 1. The number of hydrogen-bond acceptors (Lipinski definition) is 5. The molecule has 0 fully saturated rings. The van der Waals surface area contributed by atoms with Gasteiger partial charge in [-0.1, -0.05) is 13.3 Å². The second-order valence-electron chi connectivity index (χ2n) is 3.99. The summed E-state index contributed by atoms with van der Waals surface area (Å²) in [6, 6.07) is 0. The zero-order valence-corrected chi connectivity index (χ0v) is 11.2. The normalized spacial score (nSPS) is 12.2.